The van der Waals surface area contributed by atoms with E-state index in [9.17, 15) is 17.6 Å². The Hall–Kier alpha value is -1.78. The van der Waals surface area contributed by atoms with Gasteiger partial charge in [0.25, 0.3) is 0 Å². The van der Waals surface area contributed by atoms with Crippen molar-refractivity contribution < 1.29 is 17.6 Å². The molecule has 0 aliphatic rings. The van der Waals surface area contributed by atoms with E-state index in [0.29, 0.717) is 0 Å². The van der Waals surface area contributed by atoms with E-state index in [-0.39, 0.29) is 11.6 Å². The number of hydrogen-bond acceptors (Lipinski definition) is 0. The molecule has 0 aliphatic carbocycles. The van der Waals surface area contributed by atoms with Crippen LogP contribution in [0.3, 0.4) is 0 Å². The molecular weight excluding hydrogens is 210 g/mol. The van der Waals surface area contributed by atoms with E-state index in [1.165, 1.54) is 18.5 Å². The summed E-state index contributed by atoms with van der Waals surface area (Å²) in [5, 5.41) is 0. The molecule has 1 N–H and O–H groups in total. The number of halogens is 4. The van der Waals surface area contributed by atoms with Crippen LogP contribution in [-0.2, 0) is 0 Å². The van der Waals surface area contributed by atoms with E-state index in [1.807, 2.05) is 0 Å². The lowest BCUT2D eigenvalue weighted by Crippen LogP contribution is -1.97. The number of H-pyrrole nitrogens is 1. The predicted octanol–water partition coefficient (Wildman–Crippen LogP) is 3.24. The van der Waals surface area contributed by atoms with Gasteiger partial charge in [0.1, 0.15) is 0 Å². The Labute approximate surface area is 82.4 Å². The minimum absolute atomic E-state index is 0.0587. The second-order valence-corrected chi connectivity index (χ2v) is 2.94. The normalized spacial score (nSPS) is 10.7. The van der Waals surface area contributed by atoms with Gasteiger partial charge in [-0.15, -0.1) is 0 Å². The van der Waals surface area contributed by atoms with Gasteiger partial charge in [-0.2, -0.15) is 0 Å². The minimum Gasteiger partial charge on any atom is -0.367 e. The van der Waals surface area contributed by atoms with Gasteiger partial charge in [0, 0.05) is 24.0 Å². The third-order valence-corrected chi connectivity index (χ3v) is 2.00. The van der Waals surface area contributed by atoms with Crippen LogP contribution in [0.1, 0.15) is 0 Å². The lowest BCUT2D eigenvalue weighted by molar-refractivity contribution is 0.458. The SMILES string of the molecule is Fc1cc(F)c(F)c(-c2cc[nH]c2)c1F. The topological polar surface area (TPSA) is 15.8 Å². The molecule has 0 spiro atoms. The largest absolute Gasteiger partial charge is 0.367 e. The standard InChI is InChI=1S/C10H5F4N/c11-6-3-7(12)10(14)8(9(6)13)5-1-2-15-4-5/h1-4,15H. The molecule has 2 rings (SSSR count). The van der Waals surface area contributed by atoms with Crippen molar-refractivity contribution in [1.29, 1.82) is 0 Å². The minimum atomic E-state index is -1.41. The van der Waals surface area contributed by atoms with Crippen LogP contribution in [0.2, 0.25) is 0 Å². The maximum Gasteiger partial charge on any atom is 0.169 e. The van der Waals surface area contributed by atoms with Gasteiger partial charge in [-0.25, -0.2) is 17.6 Å². The fraction of sp³-hybridized carbons (Fsp3) is 0. The number of aromatic nitrogens is 1. The van der Waals surface area contributed by atoms with E-state index in [0.717, 1.165) is 0 Å². The van der Waals surface area contributed by atoms with Crippen molar-refractivity contribution in [1.82, 2.24) is 4.98 Å². The van der Waals surface area contributed by atoms with Crippen LogP contribution in [0.4, 0.5) is 17.6 Å². The van der Waals surface area contributed by atoms with E-state index in [2.05, 4.69) is 4.98 Å². The highest BCUT2D eigenvalue weighted by molar-refractivity contribution is 5.64. The van der Waals surface area contributed by atoms with Crippen molar-refractivity contribution in [2.45, 2.75) is 0 Å². The summed E-state index contributed by atoms with van der Waals surface area (Å²) in [6.45, 7) is 0. The predicted molar refractivity (Wildman–Crippen MR) is 46.1 cm³/mol. The van der Waals surface area contributed by atoms with Crippen molar-refractivity contribution >= 4 is 0 Å². The van der Waals surface area contributed by atoms with Crippen LogP contribution < -0.4 is 0 Å². The zero-order chi connectivity index (χ0) is 11.0. The van der Waals surface area contributed by atoms with Crippen LogP contribution in [0.25, 0.3) is 11.1 Å². The maximum absolute atomic E-state index is 13.2. The molecule has 1 aromatic carbocycles. The number of nitrogens with one attached hydrogen (secondary N) is 1. The molecule has 0 saturated carbocycles. The van der Waals surface area contributed by atoms with Crippen LogP contribution >= 0.6 is 0 Å². The first-order valence-corrected chi connectivity index (χ1v) is 4.07. The molecule has 0 fully saturated rings. The molecule has 1 heterocycles. The van der Waals surface area contributed by atoms with Crippen LogP contribution in [-0.4, -0.2) is 4.98 Å². The first-order chi connectivity index (χ1) is 7.11. The molecule has 15 heavy (non-hydrogen) atoms. The van der Waals surface area contributed by atoms with Gasteiger partial charge in [-0.1, -0.05) is 0 Å². The zero-order valence-electron chi connectivity index (χ0n) is 7.32. The summed E-state index contributed by atoms with van der Waals surface area (Å²) < 4.78 is 52.1. The smallest absolute Gasteiger partial charge is 0.169 e. The summed E-state index contributed by atoms with van der Waals surface area (Å²) in [6, 6.07) is 1.50. The van der Waals surface area contributed by atoms with Crippen LogP contribution in [0, 0.1) is 23.3 Å². The van der Waals surface area contributed by atoms with Gasteiger partial charge < -0.3 is 4.98 Å². The Balaban J connectivity index is 2.75. The molecule has 0 amide bonds. The Morgan fingerprint density at radius 3 is 2.00 bits per heavy atom. The summed E-state index contributed by atoms with van der Waals surface area (Å²) >= 11 is 0. The lowest BCUT2D eigenvalue weighted by Gasteiger charge is -2.04. The first kappa shape index (κ1) is 9.76. The van der Waals surface area contributed by atoms with Gasteiger partial charge in [0.2, 0.25) is 0 Å². The first-order valence-electron chi connectivity index (χ1n) is 4.07. The number of hydrogen-bond donors (Lipinski definition) is 1. The summed E-state index contributed by atoms with van der Waals surface area (Å²) in [7, 11) is 0. The van der Waals surface area contributed by atoms with Crippen LogP contribution in [0.5, 0.6) is 0 Å². The fourth-order valence-electron chi connectivity index (χ4n) is 1.31. The molecule has 5 heteroatoms. The van der Waals surface area contributed by atoms with Crippen molar-refractivity contribution in [2.24, 2.45) is 0 Å². The lowest BCUT2D eigenvalue weighted by atomic mass is 10.1. The second kappa shape index (κ2) is 3.42. The average Bonchev–Trinajstić information content (AvgIpc) is 2.69. The van der Waals surface area contributed by atoms with Crippen molar-refractivity contribution in [2.75, 3.05) is 0 Å². The third-order valence-electron chi connectivity index (χ3n) is 2.00. The molecule has 78 valence electrons. The van der Waals surface area contributed by atoms with E-state index < -0.39 is 28.8 Å². The van der Waals surface area contributed by atoms with E-state index >= 15 is 0 Å². The van der Waals surface area contributed by atoms with Crippen LogP contribution in [0.15, 0.2) is 24.5 Å². The Morgan fingerprint density at radius 2 is 1.53 bits per heavy atom. The summed E-state index contributed by atoms with van der Waals surface area (Å²) in [5.74, 6) is -5.61. The highest BCUT2D eigenvalue weighted by Gasteiger charge is 2.20. The van der Waals surface area contributed by atoms with Crippen molar-refractivity contribution in [3.8, 4) is 11.1 Å². The van der Waals surface area contributed by atoms with E-state index in [1.54, 1.807) is 0 Å². The summed E-state index contributed by atoms with van der Waals surface area (Å²) in [4.78, 5) is 2.54. The number of benzene rings is 1. The number of rotatable bonds is 1. The van der Waals surface area contributed by atoms with Crippen molar-refractivity contribution in [3.05, 3.63) is 47.8 Å². The van der Waals surface area contributed by atoms with Gasteiger partial charge in [-0.05, 0) is 6.07 Å². The molecule has 0 atom stereocenters. The Morgan fingerprint density at radius 1 is 0.933 bits per heavy atom. The molecule has 0 saturated heterocycles. The number of aromatic amines is 1. The van der Waals surface area contributed by atoms with E-state index in [4.69, 9.17) is 0 Å². The summed E-state index contributed by atoms with van der Waals surface area (Å²) in [5.41, 5.74) is -0.642. The van der Waals surface area contributed by atoms with Gasteiger partial charge in [0.05, 0.1) is 5.56 Å². The molecule has 0 aliphatic heterocycles. The maximum atomic E-state index is 13.2. The quantitative estimate of drug-likeness (QED) is 0.555. The van der Waals surface area contributed by atoms with Gasteiger partial charge in [0.15, 0.2) is 23.3 Å². The summed E-state index contributed by atoms with van der Waals surface area (Å²) in [6.07, 6.45) is 2.65. The molecule has 1 nitrogen and oxygen atoms in total. The molecular formula is C10H5F4N. The second-order valence-electron chi connectivity index (χ2n) is 2.94. The Bertz CT molecular complexity index is 464. The highest BCUT2D eigenvalue weighted by Crippen LogP contribution is 2.28. The fourth-order valence-corrected chi connectivity index (χ4v) is 1.31. The van der Waals surface area contributed by atoms with Gasteiger partial charge in [-0.3, -0.25) is 0 Å². The van der Waals surface area contributed by atoms with Gasteiger partial charge >= 0.3 is 0 Å². The average molecular weight is 215 g/mol. The van der Waals surface area contributed by atoms with Crippen molar-refractivity contribution in [3.63, 3.8) is 0 Å². The molecule has 0 bridgehead atoms. The monoisotopic (exact) mass is 215 g/mol. The molecule has 0 radical (unpaired) electrons. The molecule has 0 unspecified atom stereocenters. The zero-order valence-corrected chi connectivity index (χ0v) is 7.32. The third kappa shape index (κ3) is 1.49. The molecule has 2 aromatic rings. The Kier molecular flexibility index (Phi) is 2.22. The highest BCUT2D eigenvalue weighted by atomic mass is 19.2. The molecule has 1 aromatic heterocycles.